The summed E-state index contributed by atoms with van der Waals surface area (Å²) in [5, 5.41) is 8.58. The van der Waals surface area contributed by atoms with Gasteiger partial charge in [-0.1, -0.05) is 55.1 Å². The number of carboxylic acid groups (broad SMARTS) is 1. The van der Waals surface area contributed by atoms with Crippen LogP contribution in [0.25, 0.3) is 6.08 Å². The van der Waals surface area contributed by atoms with Crippen molar-refractivity contribution in [2.45, 2.75) is 13.8 Å². The molecule has 0 unspecified atom stereocenters. The molecule has 124 valence electrons. The Morgan fingerprint density at radius 3 is 1.92 bits per heavy atom. The van der Waals surface area contributed by atoms with Crippen LogP contribution < -0.4 is 4.74 Å². The van der Waals surface area contributed by atoms with Crippen LogP contribution in [0, 0.1) is 0 Å². The van der Waals surface area contributed by atoms with Crippen molar-refractivity contribution in [1.82, 2.24) is 0 Å². The van der Waals surface area contributed by atoms with Gasteiger partial charge in [-0.2, -0.15) is 0 Å². The molecule has 4 nitrogen and oxygen atoms in total. The zero-order valence-electron chi connectivity index (χ0n) is 13.7. The quantitative estimate of drug-likeness (QED) is 0.516. The summed E-state index contributed by atoms with van der Waals surface area (Å²) >= 11 is 0. The summed E-state index contributed by atoms with van der Waals surface area (Å²) < 4.78 is 4.94. The molecule has 2 rings (SSSR count). The van der Waals surface area contributed by atoms with Gasteiger partial charge in [0.25, 0.3) is 0 Å². The van der Waals surface area contributed by atoms with Crippen LogP contribution in [0.1, 0.15) is 19.4 Å². The molecule has 0 saturated carbocycles. The van der Waals surface area contributed by atoms with Crippen molar-refractivity contribution in [3.63, 3.8) is 0 Å². The monoisotopic (exact) mass is 324 g/mol. The minimum Gasteiger partial charge on any atom is -0.478 e. The van der Waals surface area contributed by atoms with Gasteiger partial charge in [-0.25, -0.2) is 9.59 Å². The van der Waals surface area contributed by atoms with Crippen molar-refractivity contribution in [2.24, 2.45) is 0 Å². The molecule has 0 heterocycles. The SMILES string of the molecule is C=C(C)C(=O)Oc1ccccc1.CC(=Cc1ccccc1)C(=O)O. The van der Waals surface area contributed by atoms with Crippen molar-refractivity contribution in [3.8, 4) is 5.75 Å². The fraction of sp³-hybridized carbons (Fsp3) is 0.100. The van der Waals surface area contributed by atoms with E-state index in [4.69, 9.17) is 9.84 Å². The molecule has 24 heavy (non-hydrogen) atoms. The normalized spacial score (nSPS) is 10.2. The third-order valence-corrected chi connectivity index (χ3v) is 2.82. The number of hydrogen-bond acceptors (Lipinski definition) is 3. The minimum atomic E-state index is -0.876. The molecule has 2 aromatic rings. The number of hydrogen-bond donors (Lipinski definition) is 1. The molecule has 0 aliphatic carbocycles. The topological polar surface area (TPSA) is 63.6 Å². The standard InChI is InChI=1S/2C10H10O2/c1-8(2)10(11)12-9-6-4-3-5-7-9;1-8(10(11)12)7-9-5-3-2-4-6-9/h3-7H,1H2,2H3;2-7H,1H3,(H,11,12). The lowest BCUT2D eigenvalue weighted by Gasteiger charge is -2.01. The third kappa shape index (κ3) is 7.22. The van der Waals surface area contributed by atoms with Crippen LogP contribution in [0.15, 0.2) is 78.4 Å². The Labute approximate surface area is 141 Å². The number of para-hydroxylation sites is 1. The summed E-state index contributed by atoms with van der Waals surface area (Å²) in [6.45, 7) is 6.67. The largest absolute Gasteiger partial charge is 0.478 e. The van der Waals surface area contributed by atoms with Gasteiger partial charge >= 0.3 is 11.9 Å². The average molecular weight is 324 g/mol. The molecule has 0 atom stereocenters. The highest BCUT2D eigenvalue weighted by Crippen LogP contribution is 2.09. The van der Waals surface area contributed by atoms with Crippen molar-refractivity contribution in [1.29, 1.82) is 0 Å². The lowest BCUT2D eigenvalue weighted by molar-refractivity contribution is -0.132. The highest BCUT2D eigenvalue weighted by Gasteiger charge is 2.03. The van der Waals surface area contributed by atoms with Crippen LogP contribution in [-0.2, 0) is 9.59 Å². The number of aliphatic carboxylic acids is 1. The molecule has 0 spiro atoms. The molecule has 0 aromatic heterocycles. The fourth-order valence-electron chi connectivity index (χ4n) is 1.54. The Morgan fingerprint density at radius 1 is 0.958 bits per heavy atom. The summed E-state index contributed by atoms with van der Waals surface area (Å²) in [5.41, 5.74) is 1.66. The second kappa shape index (κ2) is 9.79. The first-order valence-electron chi connectivity index (χ1n) is 7.29. The maximum atomic E-state index is 11.0. The number of ether oxygens (including phenoxy) is 1. The zero-order valence-corrected chi connectivity index (χ0v) is 13.7. The molecule has 4 heteroatoms. The molecule has 0 bridgehead atoms. The maximum absolute atomic E-state index is 11.0. The van der Waals surface area contributed by atoms with Gasteiger partial charge in [0.15, 0.2) is 0 Å². The van der Waals surface area contributed by atoms with E-state index in [0.29, 0.717) is 16.9 Å². The molecule has 0 radical (unpaired) electrons. The number of benzene rings is 2. The summed E-state index contributed by atoms with van der Waals surface area (Å²) in [4.78, 5) is 21.4. The van der Waals surface area contributed by atoms with Crippen LogP contribution in [0.5, 0.6) is 5.75 Å². The lowest BCUT2D eigenvalue weighted by Crippen LogP contribution is -2.07. The molecule has 1 N–H and O–H groups in total. The van der Waals surface area contributed by atoms with E-state index in [-0.39, 0.29) is 5.97 Å². The van der Waals surface area contributed by atoms with Crippen LogP contribution in [0.3, 0.4) is 0 Å². The molecule has 0 saturated heterocycles. The van der Waals surface area contributed by atoms with Gasteiger partial charge in [-0.15, -0.1) is 0 Å². The molecule has 2 aromatic carbocycles. The Balaban J connectivity index is 0.000000240. The number of esters is 1. The van der Waals surface area contributed by atoms with Gasteiger partial charge in [-0.05, 0) is 37.6 Å². The van der Waals surface area contributed by atoms with E-state index in [9.17, 15) is 9.59 Å². The van der Waals surface area contributed by atoms with E-state index < -0.39 is 5.97 Å². The van der Waals surface area contributed by atoms with E-state index in [1.165, 1.54) is 0 Å². The van der Waals surface area contributed by atoms with E-state index in [0.717, 1.165) is 5.56 Å². The zero-order chi connectivity index (χ0) is 17.9. The van der Waals surface area contributed by atoms with Gasteiger partial charge in [0.05, 0.1) is 0 Å². The fourth-order valence-corrected chi connectivity index (χ4v) is 1.54. The molecular weight excluding hydrogens is 304 g/mol. The number of carboxylic acids is 1. The maximum Gasteiger partial charge on any atom is 0.338 e. The van der Waals surface area contributed by atoms with Gasteiger partial charge in [0.1, 0.15) is 5.75 Å². The van der Waals surface area contributed by atoms with E-state index in [2.05, 4.69) is 6.58 Å². The van der Waals surface area contributed by atoms with Crippen molar-refractivity contribution >= 4 is 18.0 Å². The van der Waals surface area contributed by atoms with Gasteiger partial charge in [0, 0.05) is 11.1 Å². The molecule has 0 amide bonds. The first kappa shape index (κ1) is 18.9. The highest BCUT2D eigenvalue weighted by atomic mass is 16.5. The van der Waals surface area contributed by atoms with E-state index in [1.807, 2.05) is 36.4 Å². The van der Waals surface area contributed by atoms with Gasteiger partial charge in [-0.3, -0.25) is 0 Å². The van der Waals surface area contributed by atoms with E-state index in [1.54, 1.807) is 44.2 Å². The Bertz CT molecular complexity index is 716. The second-order valence-corrected chi connectivity index (χ2v) is 5.03. The van der Waals surface area contributed by atoms with Crippen LogP contribution in [0.4, 0.5) is 0 Å². The van der Waals surface area contributed by atoms with Gasteiger partial charge in [0.2, 0.25) is 0 Å². The third-order valence-electron chi connectivity index (χ3n) is 2.82. The number of carbonyl (C=O) groups excluding carboxylic acids is 1. The smallest absolute Gasteiger partial charge is 0.338 e. The summed E-state index contributed by atoms with van der Waals surface area (Å²) in [7, 11) is 0. The highest BCUT2D eigenvalue weighted by molar-refractivity contribution is 5.91. The van der Waals surface area contributed by atoms with Crippen LogP contribution in [0.2, 0.25) is 0 Å². The number of carbonyl (C=O) groups is 2. The average Bonchev–Trinajstić information content (AvgIpc) is 2.57. The predicted octanol–water partition coefficient (Wildman–Crippen LogP) is 4.34. The summed E-state index contributed by atoms with van der Waals surface area (Å²) in [5.74, 6) is -0.717. The summed E-state index contributed by atoms with van der Waals surface area (Å²) in [6, 6.07) is 18.3. The van der Waals surface area contributed by atoms with Crippen LogP contribution in [-0.4, -0.2) is 17.0 Å². The lowest BCUT2D eigenvalue weighted by atomic mass is 10.1. The van der Waals surface area contributed by atoms with Crippen molar-refractivity contribution < 1.29 is 19.4 Å². The first-order valence-corrected chi connectivity index (χ1v) is 7.29. The van der Waals surface area contributed by atoms with E-state index >= 15 is 0 Å². The molecule has 0 fully saturated rings. The summed E-state index contributed by atoms with van der Waals surface area (Å²) in [6.07, 6.45) is 1.64. The Morgan fingerprint density at radius 2 is 1.46 bits per heavy atom. The molecule has 0 aliphatic rings. The van der Waals surface area contributed by atoms with Crippen molar-refractivity contribution in [3.05, 3.63) is 84.0 Å². The molecular formula is C20H20O4. The predicted molar refractivity (Wildman–Crippen MR) is 94.6 cm³/mol. The minimum absolute atomic E-state index is 0.348. The van der Waals surface area contributed by atoms with Gasteiger partial charge < -0.3 is 9.84 Å². The number of rotatable bonds is 4. The van der Waals surface area contributed by atoms with Crippen LogP contribution >= 0.6 is 0 Å². The Hall–Kier alpha value is -3.14. The second-order valence-electron chi connectivity index (χ2n) is 5.03. The van der Waals surface area contributed by atoms with Crippen molar-refractivity contribution in [2.75, 3.05) is 0 Å². The first-order chi connectivity index (χ1) is 11.4. The Kier molecular flexibility index (Phi) is 7.71. The molecule has 0 aliphatic heterocycles.